The second-order valence-electron chi connectivity index (χ2n) is 3.16. The molecule has 0 saturated heterocycles. The third-order valence-electron chi connectivity index (χ3n) is 1.64. The van der Waals surface area contributed by atoms with Gasteiger partial charge in [-0.1, -0.05) is 0 Å². The molecule has 1 atom stereocenters. The zero-order valence-electron chi connectivity index (χ0n) is 9.40. The quantitative estimate of drug-likeness (QED) is 0.449. The first-order chi connectivity index (χ1) is 7.16. The minimum absolute atomic E-state index is 0.0312. The molecular formula is C10H20O5. The summed E-state index contributed by atoms with van der Waals surface area (Å²) in [5, 5.41) is 8.41. The normalized spacial score (nSPS) is 12.5. The molecule has 0 aromatic heterocycles. The van der Waals surface area contributed by atoms with E-state index in [9.17, 15) is 4.79 Å². The van der Waals surface area contributed by atoms with Crippen molar-refractivity contribution in [3.05, 3.63) is 0 Å². The topological polar surface area (TPSA) is 65.0 Å². The molecule has 1 unspecified atom stereocenters. The maximum atomic E-state index is 10.6. The SMILES string of the molecule is CC(=O)OC(C)CCOCCOCCO. The van der Waals surface area contributed by atoms with Gasteiger partial charge in [-0.2, -0.15) is 0 Å². The summed E-state index contributed by atoms with van der Waals surface area (Å²) in [5.41, 5.74) is 0. The Bertz CT molecular complexity index is 160. The monoisotopic (exact) mass is 220 g/mol. The highest BCUT2D eigenvalue weighted by molar-refractivity contribution is 5.66. The summed E-state index contributed by atoms with van der Waals surface area (Å²) in [6, 6.07) is 0. The Labute approximate surface area is 90.3 Å². The molecule has 1 N–H and O–H groups in total. The predicted octanol–water partition coefficient (Wildman–Crippen LogP) is 0.354. The molecule has 0 rings (SSSR count). The Hall–Kier alpha value is -0.650. The van der Waals surface area contributed by atoms with Crippen LogP contribution in [0.15, 0.2) is 0 Å². The van der Waals surface area contributed by atoms with Crippen LogP contribution in [-0.4, -0.2) is 50.2 Å². The van der Waals surface area contributed by atoms with Crippen LogP contribution in [0.25, 0.3) is 0 Å². The first-order valence-electron chi connectivity index (χ1n) is 5.10. The molecule has 0 heterocycles. The lowest BCUT2D eigenvalue weighted by molar-refractivity contribution is -0.146. The van der Waals surface area contributed by atoms with Crippen LogP contribution in [-0.2, 0) is 19.0 Å². The molecule has 0 spiro atoms. The zero-order chi connectivity index (χ0) is 11.5. The number of aliphatic hydroxyl groups is 1. The summed E-state index contributed by atoms with van der Waals surface area (Å²) in [4.78, 5) is 10.6. The molecular weight excluding hydrogens is 200 g/mol. The van der Waals surface area contributed by atoms with E-state index in [1.807, 2.05) is 6.92 Å². The van der Waals surface area contributed by atoms with Gasteiger partial charge in [-0.25, -0.2) is 0 Å². The van der Waals surface area contributed by atoms with Crippen LogP contribution in [0.4, 0.5) is 0 Å². The lowest BCUT2D eigenvalue weighted by Gasteiger charge is -2.11. The van der Waals surface area contributed by atoms with Gasteiger partial charge in [0.05, 0.1) is 33.0 Å². The lowest BCUT2D eigenvalue weighted by Crippen LogP contribution is -2.16. The molecule has 15 heavy (non-hydrogen) atoms. The fraction of sp³-hybridized carbons (Fsp3) is 0.900. The van der Waals surface area contributed by atoms with E-state index in [4.69, 9.17) is 19.3 Å². The van der Waals surface area contributed by atoms with Gasteiger partial charge in [-0.05, 0) is 6.92 Å². The second kappa shape index (κ2) is 9.89. The largest absolute Gasteiger partial charge is 0.463 e. The summed E-state index contributed by atoms with van der Waals surface area (Å²) in [5.74, 6) is -0.270. The molecule has 0 bridgehead atoms. The third kappa shape index (κ3) is 11.3. The first-order valence-corrected chi connectivity index (χ1v) is 5.10. The summed E-state index contributed by atoms with van der Waals surface area (Å²) in [6.45, 7) is 5.09. The number of carbonyl (C=O) groups is 1. The zero-order valence-corrected chi connectivity index (χ0v) is 9.40. The van der Waals surface area contributed by atoms with Crippen LogP contribution in [0, 0.1) is 0 Å². The first kappa shape index (κ1) is 14.3. The number of hydrogen-bond acceptors (Lipinski definition) is 5. The molecule has 90 valence electrons. The molecule has 0 aliphatic heterocycles. The molecule has 0 aromatic rings. The van der Waals surface area contributed by atoms with Crippen molar-refractivity contribution < 1.29 is 24.1 Å². The van der Waals surface area contributed by atoms with Gasteiger partial charge < -0.3 is 19.3 Å². The van der Waals surface area contributed by atoms with E-state index < -0.39 is 0 Å². The van der Waals surface area contributed by atoms with Crippen molar-refractivity contribution in [3.63, 3.8) is 0 Å². The molecule has 0 fully saturated rings. The van der Waals surface area contributed by atoms with E-state index >= 15 is 0 Å². The summed E-state index contributed by atoms with van der Waals surface area (Å²) >= 11 is 0. The molecule has 0 aliphatic carbocycles. The Morgan fingerprint density at radius 1 is 1.20 bits per heavy atom. The van der Waals surface area contributed by atoms with Crippen LogP contribution in [0.3, 0.4) is 0 Å². The van der Waals surface area contributed by atoms with Crippen LogP contribution in [0.2, 0.25) is 0 Å². The molecule has 0 radical (unpaired) electrons. The van der Waals surface area contributed by atoms with Crippen LogP contribution in [0.5, 0.6) is 0 Å². The number of aliphatic hydroxyl groups excluding tert-OH is 1. The van der Waals surface area contributed by atoms with Crippen molar-refractivity contribution in [2.75, 3.05) is 33.0 Å². The average molecular weight is 220 g/mol. The van der Waals surface area contributed by atoms with E-state index in [0.717, 1.165) is 0 Å². The van der Waals surface area contributed by atoms with Gasteiger partial charge in [0.25, 0.3) is 0 Å². The predicted molar refractivity (Wildman–Crippen MR) is 54.6 cm³/mol. The maximum absolute atomic E-state index is 10.6. The van der Waals surface area contributed by atoms with Crippen LogP contribution >= 0.6 is 0 Å². The van der Waals surface area contributed by atoms with Gasteiger partial charge in [0, 0.05) is 13.3 Å². The summed E-state index contributed by atoms with van der Waals surface area (Å²) in [6.07, 6.45) is 0.570. The molecule has 0 saturated carbocycles. The molecule has 0 aromatic carbocycles. The minimum Gasteiger partial charge on any atom is -0.463 e. The van der Waals surface area contributed by atoms with Gasteiger partial charge in [0.1, 0.15) is 6.10 Å². The number of carbonyl (C=O) groups excluding carboxylic acids is 1. The molecule has 0 aliphatic rings. The summed E-state index contributed by atoms with van der Waals surface area (Å²) < 4.78 is 15.1. The molecule has 0 amide bonds. The smallest absolute Gasteiger partial charge is 0.302 e. The van der Waals surface area contributed by atoms with Gasteiger partial charge in [-0.15, -0.1) is 0 Å². The fourth-order valence-corrected chi connectivity index (χ4v) is 0.978. The fourth-order valence-electron chi connectivity index (χ4n) is 0.978. The highest BCUT2D eigenvalue weighted by Crippen LogP contribution is 1.97. The Morgan fingerprint density at radius 3 is 2.33 bits per heavy atom. The van der Waals surface area contributed by atoms with E-state index in [1.54, 1.807) is 0 Å². The van der Waals surface area contributed by atoms with Crippen LogP contribution in [0.1, 0.15) is 20.3 Å². The van der Waals surface area contributed by atoms with Gasteiger partial charge >= 0.3 is 5.97 Å². The second-order valence-corrected chi connectivity index (χ2v) is 3.16. The van der Waals surface area contributed by atoms with E-state index in [0.29, 0.717) is 32.8 Å². The average Bonchev–Trinajstić information content (AvgIpc) is 2.15. The summed E-state index contributed by atoms with van der Waals surface area (Å²) in [7, 11) is 0. The molecule has 5 nitrogen and oxygen atoms in total. The Kier molecular flexibility index (Phi) is 9.46. The number of hydrogen-bond donors (Lipinski definition) is 1. The molecule has 5 heteroatoms. The van der Waals surface area contributed by atoms with Crippen molar-refractivity contribution in [2.45, 2.75) is 26.4 Å². The number of esters is 1. The van der Waals surface area contributed by atoms with Gasteiger partial charge in [0.2, 0.25) is 0 Å². The highest BCUT2D eigenvalue weighted by Gasteiger charge is 2.04. The van der Waals surface area contributed by atoms with E-state index in [1.165, 1.54) is 6.92 Å². The van der Waals surface area contributed by atoms with Crippen molar-refractivity contribution in [1.29, 1.82) is 0 Å². The van der Waals surface area contributed by atoms with Crippen molar-refractivity contribution >= 4 is 5.97 Å². The lowest BCUT2D eigenvalue weighted by atomic mass is 10.3. The Balaban J connectivity index is 3.13. The maximum Gasteiger partial charge on any atom is 0.302 e. The minimum atomic E-state index is -0.270. The van der Waals surface area contributed by atoms with Crippen molar-refractivity contribution in [2.24, 2.45) is 0 Å². The highest BCUT2D eigenvalue weighted by atomic mass is 16.5. The van der Waals surface area contributed by atoms with E-state index in [2.05, 4.69) is 0 Å². The van der Waals surface area contributed by atoms with Crippen molar-refractivity contribution in [3.8, 4) is 0 Å². The van der Waals surface area contributed by atoms with Gasteiger partial charge in [0.15, 0.2) is 0 Å². The standard InChI is InChI=1S/C10H20O5/c1-9(15-10(2)12)3-5-13-7-8-14-6-4-11/h9,11H,3-8H2,1-2H3. The number of rotatable bonds is 9. The Morgan fingerprint density at radius 2 is 1.80 bits per heavy atom. The third-order valence-corrected chi connectivity index (χ3v) is 1.64. The van der Waals surface area contributed by atoms with Crippen molar-refractivity contribution in [1.82, 2.24) is 0 Å². The number of ether oxygens (including phenoxy) is 3. The van der Waals surface area contributed by atoms with Gasteiger partial charge in [-0.3, -0.25) is 4.79 Å². The van der Waals surface area contributed by atoms with E-state index in [-0.39, 0.29) is 18.7 Å². The van der Waals surface area contributed by atoms with Crippen LogP contribution < -0.4 is 0 Å².